The molecule has 0 bridgehead atoms. The molecule has 0 unspecified atom stereocenters. The maximum absolute atomic E-state index is 12.2. The lowest BCUT2D eigenvalue weighted by molar-refractivity contribution is -0.116. The number of carbonyl (C=O) groups is 3. The van der Waals surface area contributed by atoms with Crippen LogP contribution in [0.15, 0.2) is 65.6 Å². The van der Waals surface area contributed by atoms with Crippen molar-refractivity contribution in [2.45, 2.75) is 12.8 Å². The van der Waals surface area contributed by atoms with E-state index in [0.29, 0.717) is 35.5 Å². The van der Waals surface area contributed by atoms with Crippen LogP contribution in [0, 0.1) is 0 Å². The number of aromatic nitrogens is 1. The summed E-state index contributed by atoms with van der Waals surface area (Å²) in [6.45, 7) is 0.426. The molecule has 0 spiro atoms. The van der Waals surface area contributed by atoms with E-state index in [-0.39, 0.29) is 24.1 Å². The first-order valence-corrected chi connectivity index (χ1v) is 9.98. The number of amides is 3. The minimum Gasteiger partial charge on any atom is -0.352 e. The van der Waals surface area contributed by atoms with Crippen LogP contribution in [0.3, 0.4) is 0 Å². The zero-order valence-corrected chi connectivity index (χ0v) is 16.4. The lowest BCUT2D eigenvalue weighted by atomic mass is 10.2. The van der Waals surface area contributed by atoms with Gasteiger partial charge in [-0.2, -0.15) is 11.3 Å². The molecule has 8 heteroatoms. The summed E-state index contributed by atoms with van der Waals surface area (Å²) in [6, 6.07) is 11.9. The van der Waals surface area contributed by atoms with Crippen molar-refractivity contribution in [2.75, 3.05) is 17.2 Å². The van der Waals surface area contributed by atoms with Crippen molar-refractivity contribution < 1.29 is 14.4 Å². The Kier molecular flexibility index (Phi) is 7.07. The molecule has 7 nitrogen and oxygen atoms in total. The molecule has 3 N–H and O–H groups in total. The highest BCUT2D eigenvalue weighted by Crippen LogP contribution is 2.12. The first-order chi connectivity index (χ1) is 14.1. The first-order valence-electron chi connectivity index (χ1n) is 9.03. The van der Waals surface area contributed by atoms with E-state index >= 15 is 0 Å². The van der Waals surface area contributed by atoms with Gasteiger partial charge < -0.3 is 16.0 Å². The van der Waals surface area contributed by atoms with Crippen molar-refractivity contribution >= 4 is 40.4 Å². The maximum atomic E-state index is 12.2. The third kappa shape index (κ3) is 6.25. The molecular weight excluding hydrogens is 388 g/mol. The number of thiophene rings is 1. The van der Waals surface area contributed by atoms with Crippen LogP contribution in [-0.2, 0) is 4.79 Å². The predicted molar refractivity (Wildman–Crippen MR) is 113 cm³/mol. The summed E-state index contributed by atoms with van der Waals surface area (Å²) < 4.78 is 0. The monoisotopic (exact) mass is 408 g/mol. The smallest absolute Gasteiger partial charge is 0.255 e. The van der Waals surface area contributed by atoms with Gasteiger partial charge in [-0.15, -0.1) is 0 Å². The molecule has 29 heavy (non-hydrogen) atoms. The van der Waals surface area contributed by atoms with E-state index < -0.39 is 0 Å². The average Bonchev–Trinajstić information content (AvgIpc) is 3.27. The van der Waals surface area contributed by atoms with E-state index in [4.69, 9.17) is 0 Å². The van der Waals surface area contributed by atoms with Gasteiger partial charge in [0.15, 0.2) is 0 Å². The predicted octanol–water partition coefficient (Wildman–Crippen LogP) is 3.54. The third-order valence-electron chi connectivity index (χ3n) is 4.00. The standard InChI is InChI=1S/C21H20N4O3S/c26-19(4-2-11-23-20(27)16-9-12-29-14-16)24-17-7-5-15(6-8-17)21(28)25-18-3-1-10-22-13-18/h1,3,5-10,12-14H,2,4,11H2,(H,23,27)(H,24,26)(H,25,28). The van der Waals surface area contributed by atoms with Gasteiger partial charge in [-0.1, -0.05) is 0 Å². The summed E-state index contributed by atoms with van der Waals surface area (Å²) in [5.41, 5.74) is 2.33. The number of anilines is 2. The fourth-order valence-corrected chi connectivity index (χ4v) is 3.15. The Morgan fingerprint density at radius 1 is 0.897 bits per heavy atom. The van der Waals surface area contributed by atoms with E-state index in [9.17, 15) is 14.4 Å². The summed E-state index contributed by atoms with van der Waals surface area (Å²) >= 11 is 1.46. The van der Waals surface area contributed by atoms with Gasteiger partial charge in [0.25, 0.3) is 11.8 Å². The summed E-state index contributed by atoms with van der Waals surface area (Å²) in [5.74, 6) is -0.536. The molecule has 0 saturated heterocycles. The van der Waals surface area contributed by atoms with E-state index in [2.05, 4.69) is 20.9 Å². The van der Waals surface area contributed by atoms with Crippen LogP contribution in [0.25, 0.3) is 0 Å². The quantitative estimate of drug-likeness (QED) is 0.496. The van der Waals surface area contributed by atoms with Crippen LogP contribution in [0.5, 0.6) is 0 Å². The second-order valence-electron chi connectivity index (χ2n) is 6.19. The highest BCUT2D eigenvalue weighted by atomic mass is 32.1. The van der Waals surface area contributed by atoms with Crippen molar-refractivity contribution in [3.8, 4) is 0 Å². The van der Waals surface area contributed by atoms with Crippen LogP contribution in [0.2, 0.25) is 0 Å². The molecule has 3 rings (SSSR count). The largest absolute Gasteiger partial charge is 0.352 e. The molecular formula is C21H20N4O3S. The molecule has 0 saturated carbocycles. The van der Waals surface area contributed by atoms with Crippen LogP contribution in [0.1, 0.15) is 33.6 Å². The van der Waals surface area contributed by atoms with Gasteiger partial charge in [0.2, 0.25) is 5.91 Å². The number of benzene rings is 1. The van der Waals surface area contributed by atoms with Gasteiger partial charge >= 0.3 is 0 Å². The van der Waals surface area contributed by atoms with Crippen LogP contribution in [0.4, 0.5) is 11.4 Å². The number of hydrogen-bond donors (Lipinski definition) is 3. The molecule has 3 amide bonds. The molecule has 0 aliphatic heterocycles. The van der Waals surface area contributed by atoms with E-state index in [0.717, 1.165) is 0 Å². The molecule has 0 aliphatic rings. The van der Waals surface area contributed by atoms with Gasteiger partial charge in [-0.3, -0.25) is 19.4 Å². The number of hydrogen-bond acceptors (Lipinski definition) is 5. The van der Waals surface area contributed by atoms with Gasteiger partial charge in [-0.05, 0) is 54.3 Å². The summed E-state index contributed by atoms with van der Waals surface area (Å²) in [5, 5.41) is 11.9. The van der Waals surface area contributed by atoms with Crippen LogP contribution < -0.4 is 16.0 Å². The summed E-state index contributed by atoms with van der Waals surface area (Å²) in [7, 11) is 0. The van der Waals surface area contributed by atoms with Gasteiger partial charge in [0, 0.05) is 41.4 Å². The Labute approximate surface area is 172 Å². The summed E-state index contributed by atoms with van der Waals surface area (Å²) in [6.07, 6.45) is 4.01. The van der Waals surface area contributed by atoms with Crippen molar-refractivity contribution in [1.29, 1.82) is 0 Å². The molecule has 2 heterocycles. The van der Waals surface area contributed by atoms with E-state index in [1.807, 2.05) is 5.38 Å². The van der Waals surface area contributed by atoms with Crippen molar-refractivity contribution in [2.24, 2.45) is 0 Å². The fourth-order valence-electron chi connectivity index (χ4n) is 2.51. The number of carbonyl (C=O) groups excluding carboxylic acids is 3. The second-order valence-corrected chi connectivity index (χ2v) is 6.97. The molecule has 148 valence electrons. The van der Waals surface area contributed by atoms with Gasteiger partial charge in [0.1, 0.15) is 0 Å². The highest BCUT2D eigenvalue weighted by molar-refractivity contribution is 7.08. The molecule has 1 aromatic carbocycles. The molecule has 2 aromatic heterocycles. The minimum atomic E-state index is -0.253. The van der Waals surface area contributed by atoms with Crippen molar-refractivity contribution in [1.82, 2.24) is 10.3 Å². The number of nitrogens with one attached hydrogen (secondary N) is 3. The lowest BCUT2D eigenvalue weighted by Gasteiger charge is -2.08. The van der Waals surface area contributed by atoms with Gasteiger partial charge in [0.05, 0.1) is 11.9 Å². The Morgan fingerprint density at radius 3 is 2.41 bits per heavy atom. The molecule has 3 aromatic rings. The topological polar surface area (TPSA) is 100 Å². The molecule has 0 radical (unpaired) electrons. The van der Waals surface area contributed by atoms with Crippen LogP contribution in [-0.4, -0.2) is 29.3 Å². The number of pyridine rings is 1. The minimum absolute atomic E-state index is 0.133. The first kappa shape index (κ1) is 20.2. The SMILES string of the molecule is O=C(CCCNC(=O)c1ccsc1)Nc1ccc(C(=O)Nc2cccnc2)cc1. The Hall–Kier alpha value is -3.52. The highest BCUT2D eigenvalue weighted by Gasteiger charge is 2.08. The van der Waals surface area contributed by atoms with Crippen molar-refractivity contribution in [3.05, 3.63) is 76.7 Å². The zero-order chi connectivity index (χ0) is 20.5. The fraction of sp³-hybridized carbons (Fsp3) is 0.143. The Morgan fingerprint density at radius 2 is 1.72 bits per heavy atom. The lowest BCUT2D eigenvalue weighted by Crippen LogP contribution is -2.25. The van der Waals surface area contributed by atoms with Crippen LogP contribution >= 0.6 is 11.3 Å². The third-order valence-corrected chi connectivity index (χ3v) is 4.68. The number of nitrogens with zero attached hydrogens (tertiary/aromatic N) is 1. The molecule has 0 fully saturated rings. The normalized spacial score (nSPS) is 10.2. The number of rotatable bonds is 8. The zero-order valence-electron chi connectivity index (χ0n) is 15.6. The Bertz CT molecular complexity index is 957. The molecule has 0 atom stereocenters. The second kappa shape index (κ2) is 10.1. The maximum Gasteiger partial charge on any atom is 0.255 e. The summed E-state index contributed by atoms with van der Waals surface area (Å²) in [4.78, 5) is 40.0. The van der Waals surface area contributed by atoms with E-state index in [1.165, 1.54) is 11.3 Å². The van der Waals surface area contributed by atoms with Crippen molar-refractivity contribution in [3.63, 3.8) is 0 Å². The Balaban J connectivity index is 1.40. The van der Waals surface area contributed by atoms with E-state index in [1.54, 1.807) is 60.2 Å². The average molecular weight is 408 g/mol. The molecule has 0 aliphatic carbocycles. The van der Waals surface area contributed by atoms with Gasteiger partial charge in [-0.25, -0.2) is 0 Å².